The fraction of sp³-hybridized carbons (Fsp3) is 0.889. The minimum absolute atomic E-state index is 0.0586. The molecule has 0 aliphatic heterocycles. The largest absolute Gasteiger partial charge is 0.330 e. The molecule has 2 N–H and O–H groups in total. The summed E-state index contributed by atoms with van der Waals surface area (Å²) < 4.78 is 0. The van der Waals surface area contributed by atoms with Gasteiger partial charge in [0, 0.05) is 6.42 Å². The predicted octanol–water partition coefficient (Wildman–Crippen LogP) is 0.374. The van der Waals surface area contributed by atoms with Crippen molar-refractivity contribution in [1.29, 1.82) is 0 Å². The average molecular weight is 197 g/mol. The van der Waals surface area contributed by atoms with Crippen LogP contribution in [0.5, 0.6) is 0 Å². The molecule has 0 aromatic carbocycles. The van der Waals surface area contributed by atoms with Crippen molar-refractivity contribution in [2.24, 2.45) is 24.1 Å². The van der Waals surface area contributed by atoms with Crippen LogP contribution in [0.1, 0.15) is 26.6 Å². The molecular formula is C9H19N5. The number of nitrogens with two attached hydrogens (primary N) is 1. The molecule has 1 unspecified atom stereocenters. The molecule has 0 radical (unpaired) electrons. The highest BCUT2D eigenvalue weighted by Gasteiger charge is 2.28. The summed E-state index contributed by atoms with van der Waals surface area (Å²) >= 11 is 0. The van der Waals surface area contributed by atoms with Gasteiger partial charge in [-0.05, 0) is 23.1 Å². The highest BCUT2D eigenvalue weighted by Crippen LogP contribution is 2.28. The molecule has 1 heterocycles. The maximum Gasteiger partial charge on any atom is 0.175 e. The topological polar surface area (TPSA) is 69.6 Å². The number of tetrazole rings is 1. The summed E-state index contributed by atoms with van der Waals surface area (Å²) in [5.74, 6) is 1.28. The zero-order valence-electron chi connectivity index (χ0n) is 9.36. The predicted molar refractivity (Wildman–Crippen MR) is 54.5 cm³/mol. The van der Waals surface area contributed by atoms with Crippen molar-refractivity contribution >= 4 is 0 Å². The van der Waals surface area contributed by atoms with Crippen LogP contribution in [0, 0.1) is 11.3 Å². The molecule has 5 nitrogen and oxygen atoms in total. The molecule has 1 aromatic heterocycles. The Morgan fingerprint density at radius 1 is 1.50 bits per heavy atom. The molecule has 5 heteroatoms. The Labute approximate surface area is 84.7 Å². The van der Waals surface area contributed by atoms with Crippen LogP contribution in [-0.2, 0) is 13.5 Å². The second-order valence-corrected chi connectivity index (χ2v) is 4.38. The van der Waals surface area contributed by atoms with Crippen molar-refractivity contribution in [2.45, 2.75) is 27.2 Å². The quantitative estimate of drug-likeness (QED) is 0.757. The van der Waals surface area contributed by atoms with Gasteiger partial charge >= 0.3 is 0 Å². The van der Waals surface area contributed by atoms with E-state index in [2.05, 4.69) is 36.2 Å². The van der Waals surface area contributed by atoms with Gasteiger partial charge in [-0.3, -0.25) is 0 Å². The van der Waals surface area contributed by atoms with Crippen LogP contribution in [0.4, 0.5) is 0 Å². The van der Waals surface area contributed by atoms with E-state index >= 15 is 0 Å². The molecule has 0 spiro atoms. The SMILES string of the molecule is CC(C)C(C)(CN)Cc1nnn(C)n1. The van der Waals surface area contributed by atoms with E-state index in [4.69, 9.17) is 5.73 Å². The average Bonchev–Trinajstić information content (AvgIpc) is 2.50. The van der Waals surface area contributed by atoms with Crippen LogP contribution in [0.3, 0.4) is 0 Å². The summed E-state index contributed by atoms with van der Waals surface area (Å²) in [6, 6.07) is 0. The lowest BCUT2D eigenvalue weighted by atomic mass is 9.76. The molecule has 1 atom stereocenters. The molecule has 1 aromatic rings. The van der Waals surface area contributed by atoms with Crippen LogP contribution in [0.25, 0.3) is 0 Å². The first-order valence-corrected chi connectivity index (χ1v) is 4.91. The maximum atomic E-state index is 5.78. The highest BCUT2D eigenvalue weighted by molar-refractivity contribution is 4.90. The Hall–Kier alpha value is -0.970. The van der Waals surface area contributed by atoms with E-state index in [1.54, 1.807) is 7.05 Å². The van der Waals surface area contributed by atoms with E-state index in [9.17, 15) is 0 Å². The Kier molecular flexibility index (Phi) is 3.21. The maximum absolute atomic E-state index is 5.78. The number of aryl methyl sites for hydroxylation is 1. The minimum Gasteiger partial charge on any atom is -0.330 e. The number of hydrogen-bond acceptors (Lipinski definition) is 4. The van der Waals surface area contributed by atoms with Crippen molar-refractivity contribution in [2.75, 3.05) is 6.54 Å². The van der Waals surface area contributed by atoms with Gasteiger partial charge in [0.1, 0.15) is 0 Å². The van der Waals surface area contributed by atoms with E-state index in [0.717, 1.165) is 12.2 Å². The molecule has 0 fully saturated rings. The van der Waals surface area contributed by atoms with Crippen LogP contribution in [0.15, 0.2) is 0 Å². The van der Waals surface area contributed by atoms with Crippen LogP contribution in [-0.4, -0.2) is 26.8 Å². The second kappa shape index (κ2) is 4.04. The van der Waals surface area contributed by atoms with Gasteiger partial charge in [-0.1, -0.05) is 20.8 Å². The Morgan fingerprint density at radius 3 is 2.50 bits per heavy atom. The number of rotatable bonds is 4. The van der Waals surface area contributed by atoms with Crippen LogP contribution in [0.2, 0.25) is 0 Å². The molecule has 0 saturated carbocycles. The molecule has 1 rings (SSSR count). The molecule has 14 heavy (non-hydrogen) atoms. The molecule has 80 valence electrons. The van der Waals surface area contributed by atoms with Gasteiger partial charge in [-0.25, -0.2) is 0 Å². The zero-order valence-corrected chi connectivity index (χ0v) is 9.36. The van der Waals surface area contributed by atoms with E-state index in [1.807, 2.05) is 0 Å². The van der Waals surface area contributed by atoms with Gasteiger partial charge in [-0.15, -0.1) is 10.2 Å². The summed E-state index contributed by atoms with van der Waals surface area (Å²) in [5, 5.41) is 12.0. The number of aromatic nitrogens is 4. The molecule has 0 aliphatic rings. The Morgan fingerprint density at radius 2 is 2.14 bits per heavy atom. The van der Waals surface area contributed by atoms with E-state index in [0.29, 0.717) is 12.5 Å². The van der Waals surface area contributed by atoms with Crippen LogP contribution >= 0.6 is 0 Å². The molecule has 0 bridgehead atoms. The Balaban J connectivity index is 2.75. The molecule has 0 saturated heterocycles. The molecule has 0 amide bonds. The third kappa shape index (κ3) is 2.29. The van der Waals surface area contributed by atoms with E-state index in [1.165, 1.54) is 4.80 Å². The standard InChI is InChI=1S/C9H19N5/c1-7(2)9(3,6-10)5-8-11-13-14(4)12-8/h7H,5-6,10H2,1-4H3. The normalized spacial score (nSPS) is 15.9. The molecular weight excluding hydrogens is 178 g/mol. The monoisotopic (exact) mass is 197 g/mol. The summed E-state index contributed by atoms with van der Waals surface area (Å²) in [6.07, 6.45) is 0.787. The van der Waals surface area contributed by atoms with Crippen molar-refractivity contribution < 1.29 is 0 Å². The van der Waals surface area contributed by atoms with Gasteiger partial charge < -0.3 is 5.73 Å². The third-order valence-corrected chi connectivity index (χ3v) is 2.97. The van der Waals surface area contributed by atoms with Gasteiger partial charge in [0.2, 0.25) is 0 Å². The smallest absolute Gasteiger partial charge is 0.175 e. The summed E-state index contributed by atoms with van der Waals surface area (Å²) in [7, 11) is 1.77. The van der Waals surface area contributed by atoms with E-state index < -0.39 is 0 Å². The minimum atomic E-state index is 0.0586. The summed E-state index contributed by atoms with van der Waals surface area (Å²) in [4.78, 5) is 1.48. The first-order chi connectivity index (χ1) is 6.48. The van der Waals surface area contributed by atoms with E-state index in [-0.39, 0.29) is 5.41 Å². The fourth-order valence-electron chi connectivity index (χ4n) is 1.27. The fourth-order valence-corrected chi connectivity index (χ4v) is 1.27. The first-order valence-electron chi connectivity index (χ1n) is 4.91. The molecule has 0 aliphatic carbocycles. The zero-order chi connectivity index (χ0) is 10.8. The lowest BCUT2D eigenvalue weighted by Gasteiger charge is -2.30. The lowest BCUT2D eigenvalue weighted by molar-refractivity contribution is 0.222. The number of hydrogen-bond donors (Lipinski definition) is 1. The van der Waals surface area contributed by atoms with Gasteiger partial charge in [0.25, 0.3) is 0 Å². The van der Waals surface area contributed by atoms with Crippen LogP contribution < -0.4 is 5.73 Å². The second-order valence-electron chi connectivity index (χ2n) is 4.38. The first kappa shape index (κ1) is 11.1. The van der Waals surface area contributed by atoms with Gasteiger partial charge in [-0.2, -0.15) is 4.80 Å². The van der Waals surface area contributed by atoms with Gasteiger partial charge in [0.15, 0.2) is 5.82 Å². The summed E-state index contributed by atoms with van der Waals surface area (Å²) in [5.41, 5.74) is 5.84. The van der Waals surface area contributed by atoms with Crippen molar-refractivity contribution in [3.05, 3.63) is 5.82 Å². The van der Waals surface area contributed by atoms with Gasteiger partial charge in [0.05, 0.1) is 7.05 Å². The van der Waals surface area contributed by atoms with Crippen molar-refractivity contribution in [3.8, 4) is 0 Å². The van der Waals surface area contributed by atoms with Crippen molar-refractivity contribution in [3.63, 3.8) is 0 Å². The number of nitrogens with zero attached hydrogens (tertiary/aromatic N) is 4. The third-order valence-electron chi connectivity index (χ3n) is 2.97. The highest BCUT2D eigenvalue weighted by atomic mass is 15.6. The Bertz CT molecular complexity index is 293. The van der Waals surface area contributed by atoms with Crippen molar-refractivity contribution in [1.82, 2.24) is 20.2 Å². The summed E-state index contributed by atoms with van der Waals surface area (Å²) in [6.45, 7) is 7.14. The lowest BCUT2D eigenvalue weighted by Crippen LogP contribution is -2.35.